The number of aromatic nitrogens is 2. The Morgan fingerprint density at radius 1 is 1.17 bits per heavy atom. The third-order valence-electron chi connectivity index (χ3n) is 6.78. The molecule has 3 N–H and O–H groups in total. The molecule has 1 aliphatic carbocycles. The first kappa shape index (κ1) is 23.8. The Morgan fingerprint density at radius 3 is 2.69 bits per heavy atom. The summed E-state index contributed by atoms with van der Waals surface area (Å²) in [6, 6.07) is 13.4. The third kappa shape index (κ3) is 4.89. The monoisotopic (exact) mass is 487 g/mol. The molecule has 2 aliphatic rings. The number of aromatic amines is 1. The number of para-hydroxylation sites is 2. The van der Waals surface area contributed by atoms with E-state index in [9.17, 15) is 14.0 Å². The van der Waals surface area contributed by atoms with Crippen LogP contribution in [0.5, 0.6) is 0 Å². The van der Waals surface area contributed by atoms with E-state index in [0.717, 1.165) is 28.3 Å². The lowest BCUT2D eigenvalue weighted by atomic mass is 9.73. The molecule has 0 fully saturated rings. The van der Waals surface area contributed by atoms with Crippen molar-refractivity contribution < 1.29 is 14.0 Å². The van der Waals surface area contributed by atoms with Gasteiger partial charge in [0, 0.05) is 42.5 Å². The number of anilines is 2. The Bertz CT molecular complexity index is 1300. The molecular formula is C28H30FN5O2. The number of H-pyrrole nitrogens is 1. The fourth-order valence-electron chi connectivity index (χ4n) is 5.19. The van der Waals surface area contributed by atoms with E-state index in [-0.39, 0.29) is 29.5 Å². The summed E-state index contributed by atoms with van der Waals surface area (Å²) in [5, 5.41) is 6.51. The van der Waals surface area contributed by atoms with E-state index in [1.807, 2.05) is 29.2 Å². The van der Waals surface area contributed by atoms with Gasteiger partial charge in [0.1, 0.15) is 5.82 Å². The average Bonchev–Trinajstić information content (AvgIpc) is 3.30. The summed E-state index contributed by atoms with van der Waals surface area (Å²) in [6.45, 7) is 4.67. The lowest BCUT2D eigenvalue weighted by molar-refractivity contribution is -0.120. The normalized spacial score (nSPS) is 18.7. The molecule has 5 rings (SSSR count). The Morgan fingerprint density at radius 2 is 1.94 bits per heavy atom. The lowest BCUT2D eigenvalue weighted by Crippen LogP contribution is -2.42. The average molecular weight is 488 g/mol. The Kier molecular flexibility index (Phi) is 6.35. The van der Waals surface area contributed by atoms with Gasteiger partial charge in [-0.1, -0.05) is 38.1 Å². The second-order valence-electron chi connectivity index (χ2n) is 10.2. The molecule has 1 aromatic heterocycles. The second kappa shape index (κ2) is 9.60. The summed E-state index contributed by atoms with van der Waals surface area (Å²) in [5.74, 6) is -0.469. The van der Waals surface area contributed by atoms with Crippen LogP contribution in [-0.4, -0.2) is 34.7 Å². The first-order valence-electron chi connectivity index (χ1n) is 12.2. The van der Waals surface area contributed by atoms with Crippen molar-refractivity contribution in [3.05, 3.63) is 89.4 Å². The maximum atomic E-state index is 13.9. The molecule has 0 bridgehead atoms. The van der Waals surface area contributed by atoms with Crippen LogP contribution in [-0.2, 0) is 16.0 Å². The van der Waals surface area contributed by atoms with Gasteiger partial charge in [-0.25, -0.2) is 9.37 Å². The smallest absolute Gasteiger partial charge is 0.239 e. The van der Waals surface area contributed by atoms with Crippen LogP contribution >= 0.6 is 0 Å². The highest BCUT2D eigenvalue weighted by Crippen LogP contribution is 2.48. The highest BCUT2D eigenvalue weighted by molar-refractivity contribution is 6.01. The van der Waals surface area contributed by atoms with E-state index in [0.29, 0.717) is 31.4 Å². The van der Waals surface area contributed by atoms with Gasteiger partial charge in [-0.15, -0.1) is 0 Å². The van der Waals surface area contributed by atoms with Crippen LogP contribution in [0.2, 0.25) is 0 Å². The highest BCUT2D eigenvalue weighted by atomic mass is 19.1. The van der Waals surface area contributed by atoms with E-state index in [4.69, 9.17) is 0 Å². The Hall–Kier alpha value is -3.94. The fraction of sp³-hybridized carbons (Fsp3) is 0.321. The molecule has 0 saturated heterocycles. The number of nitrogens with one attached hydrogen (secondary N) is 3. The summed E-state index contributed by atoms with van der Waals surface area (Å²) >= 11 is 0. The SMILES string of the molecule is CC1(C)CC(=O)C2=C(C1)Nc1ccccc1N(CC(=O)NCCc1cnc[nH]1)C2c1ccc(F)cc1. The van der Waals surface area contributed by atoms with Gasteiger partial charge in [-0.2, -0.15) is 0 Å². The fourth-order valence-corrected chi connectivity index (χ4v) is 5.19. The van der Waals surface area contributed by atoms with E-state index < -0.39 is 6.04 Å². The van der Waals surface area contributed by atoms with Gasteiger partial charge < -0.3 is 20.5 Å². The number of ketones is 1. The molecule has 2 heterocycles. The van der Waals surface area contributed by atoms with E-state index in [1.54, 1.807) is 24.7 Å². The van der Waals surface area contributed by atoms with E-state index >= 15 is 0 Å². The second-order valence-corrected chi connectivity index (χ2v) is 10.2. The molecule has 36 heavy (non-hydrogen) atoms. The number of carbonyl (C=O) groups excluding carboxylic acids is 2. The third-order valence-corrected chi connectivity index (χ3v) is 6.78. The molecule has 8 heteroatoms. The summed E-state index contributed by atoms with van der Waals surface area (Å²) in [7, 11) is 0. The van der Waals surface area contributed by atoms with Crippen LogP contribution in [0.15, 0.2) is 72.3 Å². The maximum Gasteiger partial charge on any atom is 0.239 e. The van der Waals surface area contributed by atoms with Crippen molar-refractivity contribution in [1.82, 2.24) is 15.3 Å². The number of allylic oxidation sites excluding steroid dienone is 1. The van der Waals surface area contributed by atoms with Gasteiger partial charge in [-0.05, 0) is 41.7 Å². The van der Waals surface area contributed by atoms with Gasteiger partial charge in [-0.3, -0.25) is 9.59 Å². The van der Waals surface area contributed by atoms with Crippen LogP contribution in [0.25, 0.3) is 0 Å². The van der Waals surface area contributed by atoms with Gasteiger partial charge in [0.2, 0.25) is 5.91 Å². The van der Waals surface area contributed by atoms with Crippen molar-refractivity contribution in [2.24, 2.45) is 5.41 Å². The minimum Gasteiger partial charge on any atom is -0.357 e. The van der Waals surface area contributed by atoms with Crippen molar-refractivity contribution in [2.75, 3.05) is 23.3 Å². The molecule has 2 aromatic carbocycles. The molecule has 1 aliphatic heterocycles. The number of rotatable bonds is 6. The first-order valence-corrected chi connectivity index (χ1v) is 12.2. The molecule has 3 aromatic rings. The summed E-state index contributed by atoms with van der Waals surface area (Å²) < 4.78 is 13.9. The van der Waals surface area contributed by atoms with Crippen molar-refractivity contribution in [1.29, 1.82) is 0 Å². The number of hydrogen-bond donors (Lipinski definition) is 3. The standard InChI is InChI=1S/C28H30FN5O2/c1-28(2)13-22-26(24(35)14-28)27(18-7-9-19(29)10-8-18)34(23-6-4-3-5-21(23)33-22)16-25(36)31-12-11-20-15-30-17-32-20/h3-10,15,17,27,33H,11-14,16H2,1-2H3,(H,30,32)(H,31,36). The van der Waals surface area contributed by atoms with Crippen molar-refractivity contribution >= 4 is 23.1 Å². The van der Waals surface area contributed by atoms with Crippen LogP contribution in [0.1, 0.15) is 44.0 Å². The number of nitrogens with zero attached hydrogens (tertiary/aromatic N) is 2. The van der Waals surface area contributed by atoms with Crippen molar-refractivity contribution in [2.45, 2.75) is 39.2 Å². The number of amides is 1. The predicted octanol–water partition coefficient (Wildman–Crippen LogP) is 4.52. The predicted molar refractivity (Wildman–Crippen MR) is 137 cm³/mol. The zero-order chi connectivity index (χ0) is 25.3. The number of imidazole rings is 1. The zero-order valence-corrected chi connectivity index (χ0v) is 20.5. The number of benzene rings is 2. The minimum absolute atomic E-state index is 0.0389. The minimum atomic E-state index is -0.529. The molecule has 0 spiro atoms. The number of halogens is 1. The largest absolute Gasteiger partial charge is 0.357 e. The number of Topliss-reactive ketones (excluding diaryl/α,β-unsaturated/α-hetero) is 1. The molecule has 1 unspecified atom stereocenters. The summed E-state index contributed by atoms with van der Waals surface area (Å²) in [4.78, 5) is 35.8. The van der Waals surface area contributed by atoms with Crippen LogP contribution in [0.3, 0.4) is 0 Å². The summed E-state index contributed by atoms with van der Waals surface area (Å²) in [6.07, 6.45) is 5.08. The lowest BCUT2D eigenvalue weighted by Gasteiger charge is -2.37. The van der Waals surface area contributed by atoms with Crippen LogP contribution in [0, 0.1) is 11.2 Å². The van der Waals surface area contributed by atoms with Crippen molar-refractivity contribution in [3.8, 4) is 0 Å². The van der Waals surface area contributed by atoms with Gasteiger partial charge in [0.05, 0.1) is 30.3 Å². The molecule has 1 atom stereocenters. The molecule has 1 amide bonds. The van der Waals surface area contributed by atoms with Gasteiger partial charge in [0.15, 0.2) is 5.78 Å². The number of hydrogen-bond acceptors (Lipinski definition) is 5. The molecule has 0 saturated carbocycles. The van der Waals surface area contributed by atoms with E-state index in [1.165, 1.54) is 12.1 Å². The molecule has 186 valence electrons. The molecule has 0 radical (unpaired) electrons. The van der Waals surface area contributed by atoms with Gasteiger partial charge in [0.25, 0.3) is 0 Å². The highest BCUT2D eigenvalue weighted by Gasteiger charge is 2.41. The van der Waals surface area contributed by atoms with Crippen molar-refractivity contribution in [3.63, 3.8) is 0 Å². The van der Waals surface area contributed by atoms with Crippen LogP contribution in [0.4, 0.5) is 15.8 Å². The van der Waals surface area contributed by atoms with E-state index in [2.05, 4.69) is 34.4 Å². The number of carbonyl (C=O) groups is 2. The van der Waals surface area contributed by atoms with Gasteiger partial charge >= 0.3 is 0 Å². The Labute approximate surface area is 209 Å². The maximum absolute atomic E-state index is 13.9. The topological polar surface area (TPSA) is 90.1 Å². The quantitative estimate of drug-likeness (QED) is 0.476. The molecular weight excluding hydrogens is 457 g/mol. The molecule has 7 nitrogen and oxygen atoms in total. The first-order chi connectivity index (χ1) is 17.3. The van der Waals surface area contributed by atoms with Crippen LogP contribution < -0.4 is 15.5 Å². The summed E-state index contributed by atoms with van der Waals surface area (Å²) in [5.41, 5.74) is 4.67. The Balaban J connectivity index is 1.54. The zero-order valence-electron chi connectivity index (χ0n) is 20.5. The number of fused-ring (bicyclic) bond motifs is 1.